The first kappa shape index (κ1) is 8.80. The lowest BCUT2D eigenvalue weighted by Gasteiger charge is -2.05. The van der Waals surface area contributed by atoms with Crippen LogP contribution in [-0.4, -0.2) is 26.9 Å². The molecule has 0 radical (unpaired) electrons. The van der Waals surface area contributed by atoms with Crippen LogP contribution in [0.4, 0.5) is 0 Å². The fraction of sp³-hybridized carbons (Fsp3) is 0.375. The van der Waals surface area contributed by atoms with Gasteiger partial charge in [0.25, 0.3) is 0 Å². The first-order valence-corrected chi connectivity index (χ1v) is 3.62. The molecule has 0 spiro atoms. The van der Waals surface area contributed by atoms with Gasteiger partial charge >= 0.3 is 5.97 Å². The smallest absolute Gasteiger partial charge is 0.332 e. The highest BCUT2D eigenvalue weighted by molar-refractivity contribution is 5.72. The highest BCUT2D eigenvalue weighted by Crippen LogP contribution is 2.03. The molecule has 1 unspecified atom stereocenters. The lowest BCUT2D eigenvalue weighted by Crippen LogP contribution is -2.22. The van der Waals surface area contributed by atoms with Gasteiger partial charge in [0, 0.05) is 25.4 Å². The quantitative estimate of drug-likeness (QED) is 0.670. The molecule has 12 heavy (non-hydrogen) atoms. The molecule has 1 aromatic heterocycles. The van der Waals surface area contributed by atoms with E-state index in [0.29, 0.717) is 0 Å². The number of aliphatic carboxylic acids is 1. The molecule has 0 amide bonds. The molecule has 0 saturated carbocycles. The second kappa shape index (κ2) is 3.40. The molecule has 0 aromatic carbocycles. The van der Waals surface area contributed by atoms with Gasteiger partial charge in [-0.25, -0.2) is 4.79 Å². The van der Waals surface area contributed by atoms with E-state index in [2.05, 4.69) is 0 Å². The van der Waals surface area contributed by atoms with E-state index in [1.165, 1.54) is 0 Å². The van der Waals surface area contributed by atoms with Gasteiger partial charge in [-0.15, -0.1) is 0 Å². The maximum Gasteiger partial charge on any atom is 0.332 e. The second-order valence-corrected chi connectivity index (χ2v) is 2.67. The monoisotopic (exact) mass is 169 g/mol. The lowest BCUT2D eigenvalue weighted by molar-refractivity contribution is -0.146. The summed E-state index contributed by atoms with van der Waals surface area (Å²) in [6.07, 6.45) is 0.654. The molecule has 4 heteroatoms. The van der Waals surface area contributed by atoms with Crippen molar-refractivity contribution >= 4 is 5.97 Å². The van der Waals surface area contributed by atoms with Crippen molar-refractivity contribution in [1.82, 2.24) is 4.57 Å². The maximum atomic E-state index is 10.3. The summed E-state index contributed by atoms with van der Waals surface area (Å²) in [6.45, 7) is 0. The number of hydrogen-bond acceptors (Lipinski definition) is 2. The zero-order chi connectivity index (χ0) is 9.14. The number of aryl methyl sites for hydroxylation is 1. The van der Waals surface area contributed by atoms with Crippen LogP contribution in [0.5, 0.6) is 0 Å². The Kier molecular flexibility index (Phi) is 2.50. The molecule has 0 fully saturated rings. The van der Waals surface area contributed by atoms with E-state index in [4.69, 9.17) is 10.2 Å². The highest BCUT2D eigenvalue weighted by Gasteiger charge is 2.14. The standard InChI is InChI=1S/C8H11NO3/c1-9-4-2-3-6(9)5-7(10)8(11)12/h2-4,7,10H,5H2,1H3,(H,11,12). The Morgan fingerprint density at radius 3 is 2.83 bits per heavy atom. The Bertz CT molecular complexity index is 280. The summed E-state index contributed by atoms with van der Waals surface area (Å²) in [5.74, 6) is -1.18. The van der Waals surface area contributed by atoms with E-state index in [-0.39, 0.29) is 6.42 Å². The summed E-state index contributed by atoms with van der Waals surface area (Å²) in [5, 5.41) is 17.4. The van der Waals surface area contributed by atoms with Crippen LogP contribution in [0, 0.1) is 0 Å². The number of carbonyl (C=O) groups is 1. The van der Waals surface area contributed by atoms with Crippen LogP contribution >= 0.6 is 0 Å². The molecule has 1 aromatic rings. The fourth-order valence-corrected chi connectivity index (χ4v) is 0.994. The molecule has 1 rings (SSSR count). The number of rotatable bonds is 3. The third kappa shape index (κ3) is 1.85. The van der Waals surface area contributed by atoms with Crippen molar-refractivity contribution in [1.29, 1.82) is 0 Å². The number of aliphatic hydroxyl groups excluding tert-OH is 1. The third-order valence-corrected chi connectivity index (χ3v) is 1.74. The largest absolute Gasteiger partial charge is 0.479 e. The van der Waals surface area contributed by atoms with Crippen LogP contribution in [0.25, 0.3) is 0 Å². The molecular weight excluding hydrogens is 158 g/mol. The molecule has 66 valence electrons. The van der Waals surface area contributed by atoms with Crippen LogP contribution in [0.1, 0.15) is 5.69 Å². The molecule has 1 heterocycles. The Morgan fingerprint density at radius 2 is 2.42 bits per heavy atom. The van der Waals surface area contributed by atoms with Gasteiger partial charge in [0.15, 0.2) is 6.10 Å². The Hall–Kier alpha value is -1.29. The Balaban J connectivity index is 2.64. The summed E-state index contributed by atoms with van der Waals surface area (Å²) in [5.41, 5.74) is 0.810. The molecule has 0 saturated heterocycles. The highest BCUT2D eigenvalue weighted by atomic mass is 16.4. The lowest BCUT2D eigenvalue weighted by atomic mass is 10.2. The maximum absolute atomic E-state index is 10.3. The minimum Gasteiger partial charge on any atom is -0.479 e. The number of hydrogen-bond donors (Lipinski definition) is 2. The minimum atomic E-state index is -1.31. The zero-order valence-electron chi connectivity index (χ0n) is 6.77. The van der Waals surface area contributed by atoms with Gasteiger partial charge in [-0.2, -0.15) is 0 Å². The van der Waals surface area contributed by atoms with Crippen molar-refractivity contribution in [2.24, 2.45) is 7.05 Å². The third-order valence-electron chi connectivity index (χ3n) is 1.74. The summed E-state index contributed by atoms with van der Waals surface area (Å²) in [6, 6.07) is 3.59. The van der Waals surface area contributed by atoms with Crippen molar-refractivity contribution < 1.29 is 15.0 Å². The summed E-state index contributed by atoms with van der Waals surface area (Å²) in [4.78, 5) is 10.3. The first-order valence-electron chi connectivity index (χ1n) is 3.62. The number of aromatic nitrogens is 1. The van der Waals surface area contributed by atoms with Gasteiger partial charge in [0.05, 0.1) is 0 Å². The van der Waals surface area contributed by atoms with Gasteiger partial charge in [0.1, 0.15) is 0 Å². The number of nitrogens with zero attached hydrogens (tertiary/aromatic N) is 1. The van der Waals surface area contributed by atoms with Crippen LogP contribution in [0.3, 0.4) is 0 Å². The van der Waals surface area contributed by atoms with E-state index in [1.54, 1.807) is 10.6 Å². The van der Waals surface area contributed by atoms with Crippen LogP contribution in [-0.2, 0) is 18.3 Å². The topological polar surface area (TPSA) is 62.5 Å². The Labute approximate surface area is 70.1 Å². The van der Waals surface area contributed by atoms with E-state index in [1.807, 2.05) is 19.3 Å². The normalized spacial score (nSPS) is 12.8. The Morgan fingerprint density at radius 1 is 1.75 bits per heavy atom. The van der Waals surface area contributed by atoms with E-state index < -0.39 is 12.1 Å². The van der Waals surface area contributed by atoms with Crippen LogP contribution in [0.2, 0.25) is 0 Å². The van der Waals surface area contributed by atoms with E-state index in [0.717, 1.165) is 5.69 Å². The number of aliphatic hydroxyl groups is 1. The van der Waals surface area contributed by atoms with E-state index >= 15 is 0 Å². The minimum absolute atomic E-state index is 0.152. The molecule has 0 aliphatic heterocycles. The molecule has 0 bridgehead atoms. The average Bonchev–Trinajstić information content (AvgIpc) is 2.36. The van der Waals surface area contributed by atoms with Crippen molar-refractivity contribution in [2.45, 2.75) is 12.5 Å². The average molecular weight is 169 g/mol. The molecule has 1 atom stereocenters. The van der Waals surface area contributed by atoms with Crippen molar-refractivity contribution in [2.75, 3.05) is 0 Å². The second-order valence-electron chi connectivity index (χ2n) is 2.67. The molecule has 4 nitrogen and oxygen atoms in total. The molecule has 2 N–H and O–H groups in total. The first-order chi connectivity index (χ1) is 5.61. The van der Waals surface area contributed by atoms with E-state index in [9.17, 15) is 4.79 Å². The molecule has 0 aliphatic rings. The van der Waals surface area contributed by atoms with Gasteiger partial charge < -0.3 is 14.8 Å². The SMILES string of the molecule is Cn1cccc1CC(O)C(=O)O. The van der Waals surface area contributed by atoms with Gasteiger partial charge in [-0.1, -0.05) is 0 Å². The summed E-state index contributed by atoms with van der Waals surface area (Å²) in [7, 11) is 1.81. The zero-order valence-corrected chi connectivity index (χ0v) is 6.77. The van der Waals surface area contributed by atoms with Crippen molar-refractivity contribution in [3.8, 4) is 0 Å². The predicted octanol–water partition coefficient (Wildman–Crippen LogP) is 0.0131. The summed E-state index contributed by atoms with van der Waals surface area (Å²) < 4.78 is 1.78. The fourth-order valence-electron chi connectivity index (χ4n) is 0.994. The van der Waals surface area contributed by atoms with Crippen molar-refractivity contribution in [3.05, 3.63) is 24.0 Å². The summed E-state index contributed by atoms with van der Waals surface area (Å²) >= 11 is 0. The van der Waals surface area contributed by atoms with Gasteiger partial charge in [0.2, 0.25) is 0 Å². The number of carboxylic acid groups (broad SMARTS) is 1. The van der Waals surface area contributed by atoms with Gasteiger partial charge in [-0.3, -0.25) is 0 Å². The predicted molar refractivity (Wildman–Crippen MR) is 42.8 cm³/mol. The van der Waals surface area contributed by atoms with Crippen LogP contribution < -0.4 is 0 Å². The van der Waals surface area contributed by atoms with Gasteiger partial charge in [-0.05, 0) is 12.1 Å². The van der Waals surface area contributed by atoms with Crippen molar-refractivity contribution in [3.63, 3.8) is 0 Å². The number of carboxylic acids is 1. The van der Waals surface area contributed by atoms with Crippen LogP contribution in [0.15, 0.2) is 18.3 Å². The molecular formula is C8H11NO3. The molecule has 0 aliphatic carbocycles.